The van der Waals surface area contributed by atoms with Crippen LogP contribution in [0.15, 0.2) is 0 Å². The summed E-state index contributed by atoms with van der Waals surface area (Å²) in [4.78, 5) is 0. The smallest absolute Gasteiger partial charge is 0.0576 e. The van der Waals surface area contributed by atoms with Crippen LogP contribution < -0.4 is 5.32 Å². The maximum Gasteiger partial charge on any atom is 0.0576 e. The quantitative estimate of drug-likeness (QED) is 0.626. The molecule has 0 radical (unpaired) electrons. The normalized spacial score (nSPS) is 28.2. The lowest BCUT2D eigenvalue weighted by atomic mass is 10.1. The van der Waals surface area contributed by atoms with E-state index in [1.807, 2.05) is 0 Å². The van der Waals surface area contributed by atoms with Gasteiger partial charge in [-0.3, -0.25) is 0 Å². The number of hydrogen-bond donors (Lipinski definition) is 2. The maximum atomic E-state index is 9.13. The molecule has 1 atom stereocenters. The Morgan fingerprint density at radius 3 is 2.87 bits per heavy atom. The topological polar surface area (TPSA) is 41.5 Å². The van der Waals surface area contributed by atoms with Gasteiger partial charge >= 0.3 is 0 Å². The van der Waals surface area contributed by atoms with Gasteiger partial charge in [0, 0.05) is 25.2 Å². The molecule has 15 heavy (non-hydrogen) atoms. The first kappa shape index (κ1) is 11.4. The average molecular weight is 213 g/mol. The highest BCUT2D eigenvalue weighted by atomic mass is 16.5. The molecule has 2 fully saturated rings. The van der Waals surface area contributed by atoms with Gasteiger partial charge in [0.1, 0.15) is 0 Å². The predicted octanol–water partition coefficient (Wildman–Crippen LogP) is 1.31. The lowest BCUT2D eigenvalue weighted by Gasteiger charge is -2.13. The molecule has 0 aromatic heterocycles. The van der Waals surface area contributed by atoms with Crippen molar-refractivity contribution in [2.75, 3.05) is 26.3 Å². The molecule has 1 heterocycles. The molecule has 3 nitrogen and oxygen atoms in total. The summed E-state index contributed by atoms with van der Waals surface area (Å²) >= 11 is 0. The molecule has 1 aliphatic carbocycles. The fourth-order valence-corrected chi connectivity index (χ4v) is 2.25. The van der Waals surface area contributed by atoms with E-state index < -0.39 is 0 Å². The zero-order chi connectivity index (χ0) is 10.6. The average Bonchev–Trinajstić information content (AvgIpc) is 2.85. The van der Waals surface area contributed by atoms with Crippen LogP contribution in [0.3, 0.4) is 0 Å². The molecule has 0 aromatic rings. The van der Waals surface area contributed by atoms with Gasteiger partial charge in [0.15, 0.2) is 0 Å². The Kier molecular flexibility index (Phi) is 4.00. The van der Waals surface area contributed by atoms with E-state index in [-0.39, 0.29) is 5.41 Å². The van der Waals surface area contributed by atoms with Crippen LogP contribution in [0.4, 0.5) is 0 Å². The maximum absolute atomic E-state index is 9.13. The molecule has 3 heteroatoms. The van der Waals surface area contributed by atoms with Gasteiger partial charge in [0.2, 0.25) is 0 Å². The molecule has 0 aromatic carbocycles. The molecular weight excluding hydrogens is 190 g/mol. The molecule has 1 unspecified atom stereocenters. The van der Waals surface area contributed by atoms with Crippen molar-refractivity contribution in [1.29, 1.82) is 0 Å². The molecule has 2 aliphatic rings. The van der Waals surface area contributed by atoms with E-state index in [4.69, 9.17) is 9.84 Å². The minimum Gasteiger partial charge on any atom is -0.396 e. The summed E-state index contributed by atoms with van der Waals surface area (Å²) in [5, 5.41) is 12.6. The van der Waals surface area contributed by atoms with E-state index in [9.17, 15) is 0 Å². The standard InChI is InChI=1S/C12H23NO2/c14-10-12(5-6-12)9-13-7-1-3-11-4-2-8-15-11/h11,13-14H,1-10H2. The van der Waals surface area contributed by atoms with Crippen molar-refractivity contribution >= 4 is 0 Å². The molecule has 2 N–H and O–H groups in total. The summed E-state index contributed by atoms with van der Waals surface area (Å²) in [6.45, 7) is 3.38. The van der Waals surface area contributed by atoms with E-state index in [0.29, 0.717) is 12.7 Å². The monoisotopic (exact) mass is 213 g/mol. The first-order valence-electron chi connectivity index (χ1n) is 6.28. The number of aliphatic hydroxyl groups is 1. The minimum absolute atomic E-state index is 0.254. The minimum atomic E-state index is 0.254. The number of rotatable bonds is 7. The van der Waals surface area contributed by atoms with Gasteiger partial charge in [-0.15, -0.1) is 0 Å². The Hall–Kier alpha value is -0.120. The van der Waals surface area contributed by atoms with E-state index >= 15 is 0 Å². The van der Waals surface area contributed by atoms with E-state index in [1.165, 1.54) is 38.5 Å². The first-order chi connectivity index (χ1) is 7.35. The Bertz CT molecular complexity index is 186. The predicted molar refractivity (Wildman–Crippen MR) is 59.8 cm³/mol. The Balaban J connectivity index is 1.45. The van der Waals surface area contributed by atoms with E-state index in [0.717, 1.165) is 19.7 Å². The van der Waals surface area contributed by atoms with Crippen LogP contribution >= 0.6 is 0 Å². The number of aliphatic hydroxyl groups excluding tert-OH is 1. The zero-order valence-corrected chi connectivity index (χ0v) is 9.50. The first-order valence-corrected chi connectivity index (χ1v) is 6.28. The van der Waals surface area contributed by atoms with Crippen LogP contribution in [0, 0.1) is 5.41 Å². The largest absolute Gasteiger partial charge is 0.396 e. The van der Waals surface area contributed by atoms with Crippen molar-refractivity contribution in [2.45, 2.75) is 44.6 Å². The second-order valence-corrected chi connectivity index (χ2v) is 5.11. The third-order valence-corrected chi connectivity index (χ3v) is 3.70. The summed E-state index contributed by atoms with van der Waals surface area (Å²) < 4.78 is 5.57. The Morgan fingerprint density at radius 1 is 1.40 bits per heavy atom. The summed E-state index contributed by atoms with van der Waals surface area (Å²) in [7, 11) is 0. The molecule has 0 spiro atoms. The lowest BCUT2D eigenvalue weighted by Crippen LogP contribution is -2.27. The fourth-order valence-electron chi connectivity index (χ4n) is 2.25. The molecule has 1 aliphatic heterocycles. The van der Waals surface area contributed by atoms with Crippen molar-refractivity contribution in [3.8, 4) is 0 Å². The molecule has 88 valence electrons. The third-order valence-electron chi connectivity index (χ3n) is 3.70. The zero-order valence-electron chi connectivity index (χ0n) is 9.50. The van der Waals surface area contributed by atoms with Crippen LogP contribution in [-0.2, 0) is 4.74 Å². The van der Waals surface area contributed by atoms with Crippen LogP contribution in [0.1, 0.15) is 38.5 Å². The van der Waals surface area contributed by atoms with Crippen LogP contribution in [0.25, 0.3) is 0 Å². The molecular formula is C12H23NO2. The number of hydrogen-bond acceptors (Lipinski definition) is 3. The van der Waals surface area contributed by atoms with Gasteiger partial charge in [-0.1, -0.05) is 0 Å². The van der Waals surface area contributed by atoms with Gasteiger partial charge in [-0.2, -0.15) is 0 Å². The van der Waals surface area contributed by atoms with E-state index in [1.54, 1.807) is 0 Å². The van der Waals surface area contributed by atoms with Gasteiger partial charge in [-0.25, -0.2) is 0 Å². The van der Waals surface area contributed by atoms with Crippen molar-refractivity contribution in [3.63, 3.8) is 0 Å². The molecule has 1 saturated heterocycles. The molecule has 0 amide bonds. The van der Waals surface area contributed by atoms with Gasteiger partial charge in [0.05, 0.1) is 6.10 Å². The van der Waals surface area contributed by atoms with Gasteiger partial charge in [-0.05, 0) is 45.1 Å². The second-order valence-electron chi connectivity index (χ2n) is 5.11. The van der Waals surface area contributed by atoms with Crippen molar-refractivity contribution in [3.05, 3.63) is 0 Å². The SMILES string of the molecule is OCC1(CNCCCC2CCCO2)CC1. The van der Waals surface area contributed by atoms with Crippen LogP contribution in [0.2, 0.25) is 0 Å². The fraction of sp³-hybridized carbons (Fsp3) is 1.00. The van der Waals surface area contributed by atoms with Crippen molar-refractivity contribution < 1.29 is 9.84 Å². The van der Waals surface area contributed by atoms with Crippen LogP contribution in [0.5, 0.6) is 0 Å². The lowest BCUT2D eigenvalue weighted by molar-refractivity contribution is 0.102. The molecule has 0 bridgehead atoms. The number of ether oxygens (including phenoxy) is 1. The van der Waals surface area contributed by atoms with E-state index in [2.05, 4.69) is 5.32 Å². The van der Waals surface area contributed by atoms with Crippen molar-refractivity contribution in [1.82, 2.24) is 5.32 Å². The highest BCUT2D eigenvalue weighted by Crippen LogP contribution is 2.44. The van der Waals surface area contributed by atoms with Gasteiger partial charge in [0.25, 0.3) is 0 Å². The summed E-state index contributed by atoms with van der Waals surface area (Å²) in [5.74, 6) is 0. The highest BCUT2D eigenvalue weighted by molar-refractivity contribution is 4.94. The molecule has 2 rings (SSSR count). The third kappa shape index (κ3) is 3.44. The summed E-state index contributed by atoms with van der Waals surface area (Å²) in [5.41, 5.74) is 0.254. The number of nitrogens with one attached hydrogen (secondary N) is 1. The Labute approximate surface area is 92.2 Å². The van der Waals surface area contributed by atoms with Gasteiger partial charge < -0.3 is 15.2 Å². The summed E-state index contributed by atoms with van der Waals surface area (Å²) in [6, 6.07) is 0. The highest BCUT2D eigenvalue weighted by Gasteiger charge is 2.41. The molecule has 1 saturated carbocycles. The second kappa shape index (κ2) is 5.28. The summed E-state index contributed by atoms with van der Waals surface area (Å²) in [6.07, 6.45) is 7.81. The van der Waals surface area contributed by atoms with Crippen LogP contribution in [-0.4, -0.2) is 37.5 Å². The van der Waals surface area contributed by atoms with Crippen molar-refractivity contribution in [2.24, 2.45) is 5.41 Å². The Morgan fingerprint density at radius 2 is 2.27 bits per heavy atom.